The smallest absolute Gasteiger partial charge is 0.173 e. The Bertz CT molecular complexity index is 645. The predicted octanol–water partition coefficient (Wildman–Crippen LogP) is 4.38. The molecule has 2 rings (SSSR count). The molecular weight excluding hydrogens is 298 g/mol. The molecule has 0 bridgehead atoms. The molecule has 0 aromatic heterocycles. The molecule has 0 saturated heterocycles. The minimum absolute atomic E-state index is 0.131. The van der Waals surface area contributed by atoms with Crippen molar-refractivity contribution in [1.29, 1.82) is 0 Å². The van der Waals surface area contributed by atoms with Gasteiger partial charge in [-0.2, -0.15) is 0 Å². The molecule has 0 heterocycles. The van der Waals surface area contributed by atoms with Crippen LogP contribution in [0.4, 0.5) is 0 Å². The number of rotatable bonds is 5. The van der Waals surface area contributed by atoms with E-state index in [-0.39, 0.29) is 5.78 Å². The van der Waals surface area contributed by atoms with E-state index in [0.29, 0.717) is 5.75 Å². The molecule has 0 amide bonds. The van der Waals surface area contributed by atoms with Gasteiger partial charge in [0.1, 0.15) is 4.32 Å². The third-order valence-corrected chi connectivity index (χ3v) is 4.96. The van der Waals surface area contributed by atoms with Gasteiger partial charge in [-0.05, 0) is 24.6 Å². The summed E-state index contributed by atoms with van der Waals surface area (Å²) in [7, 11) is 0. The molecule has 0 radical (unpaired) electrons. The van der Waals surface area contributed by atoms with Crippen LogP contribution in [0.1, 0.15) is 24.2 Å². The van der Waals surface area contributed by atoms with Gasteiger partial charge in [0.2, 0.25) is 0 Å². The molecule has 4 heteroatoms. The number of thiocarbonyl (C=S) groups is 1. The zero-order valence-electron chi connectivity index (χ0n) is 12.3. The molecular formula is C17H19NOS2. The highest BCUT2D eigenvalue weighted by Gasteiger charge is 2.13. The Morgan fingerprint density at radius 2 is 1.76 bits per heavy atom. The van der Waals surface area contributed by atoms with E-state index in [2.05, 4.69) is 18.7 Å². The van der Waals surface area contributed by atoms with Crippen molar-refractivity contribution < 1.29 is 4.79 Å². The highest BCUT2D eigenvalue weighted by Crippen LogP contribution is 2.21. The van der Waals surface area contributed by atoms with Crippen molar-refractivity contribution in [3.05, 3.63) is 48.0 Å². The van der Waals surface area contributed by atoms with Crippen LogP contribution in [-0.4, -0.2) is 33.8 Å². The largest absolute Gasteiger partial charge is 0.358 e. The average molecular weight is 317 g/mol. The van der Waals surface area contributed by atoms with Crippen LogP contribution in [0.5, 0.6) is 0 Å². The molecule has 2 nitrogen and oxygen atoms in total. The Hall–Kier alpha value is -1.39. The summed E-state index contributed by atoms with van der Waals surface area (Å²) in [4.78, 5) is 14.6. The van der Waals surface area contributed by atoms with Crippen LogP contribution in [0.2, 0.25) is 0 Å². The first kappa shape index (κ1) is 16.0. The van der Waals surface area contributed by atoms with Crippen LogP contribution >= 0.6 is 24.0 Å². The average Bonchev–Trinajstić information content (AvgIpc) is 2.53. The number of hydrogen-bond donors (Lipinski definition) is 0. The van der Waals surface area contributed by atoms with Crippen molar-refractivity contribution in [2.45, 2.75) is 13.8 Å². The fraction of sp³-hybridized carbons (Fsp3) is 0.294. The standard InChI is InChI=1S/C17H19NOS2/c1-3-18(4-2)17(20)21-12-16(19)15-11-7-9-13-8-5-6-10-14(13)15/h5-11H,3-4,12H2,1-2H3. The fourth-order valence-corrected chi connectivity index (χ4v) is 3.53. The highest BCUT2D eigenvalue weighted by molar-refractivity contribution is 8.23. The molecule has 2 aromatic rings. The van der Waals surface area contributed by atoms with Crippen LogP contribution in [0.25, 0.3) is 10.8 Å². The summed E-state index contributed by atoms with van der Waals surface area (Å²) in [5.74, 6) is 0.523. The van der Waals surface area contributed by atoms with Gasteiger partial charge in [-0.1, -0.05) is 66.4 Å². The lowest BCUT2D eigenvalue weighted by atomic mass is 10.0. The number of nitrogens with zero attached hydrogens (tertiary/aromatic N) is 1. The van der Waals surface area contributed by atoms with E-state index in [4.69, 9.17) is 12.2 Å². The van der Waals surface area contributed by atoms with E-state index in [1.807, 2.05) is 42.5 Å². The van der Waals surface area contributed by atoms with Crippen LogP contribution in [0, 0.1) is 0 Å². The molecule has 0 aliphatic carbocycles. The maximum atomic E-state index is 12.5. The Labute approximate surface area is 135 Å². The molecule has 0 saturated carbocycles. The number of fused-ring (bicyclic) bond motifs is 1. The van der Waals surface area contributed by atoms with Gasteiger partial charge in [0, 0.05) is 18.7 Å². The minimum atomic E-state index is 0.131. The molecule has 21 heavy (non-hydrogen) atoms. The Kier molecular flexibility index (Phi) is 5.76. The number of ketones is 1. The van der Waals surface area contributed by atoms with Crippen molar-refractivity contribution in [2.75, 3.05) is 18.8 Å². The molecule has 0 spiro atoms. The summed E-state index contributed by atoms with van der Waals surface area (Å²) in [6.07, 6.45) is 0. The van der Waals surface area contributed by atoms with E-state index in [9.17, 15) is 4.79 Å². The first-order chi connectivity index (χ1) is 10.2. The van der Waals surface area contributed by atoms with Gasteiger partial charge < -0.3 is 4.90 Å². The summed E-state index contributed by atoms with van der Waals surface area (Å²) in [6, 6.07) is 13.8. The Morgan fingerprint density at radius 1 is 1.10 bits per heavy atom. The minimum Gasteiger partial charge on any atom is -0.358 e. The van der Waals surface area contributed by atoms with E-state index in [1.165, 1.54) is 11.8 Å². The van der Waals surface area contributed by atoms with E-state index in [1.54, 1.807) is 0 Å². The van der Waals surface area contributed by atoms with Crippen LogP contribution < -0.4 is 0 Å². The molecule has 110 valence electrons. The first-order valence-corrected chi connectivity index (χ1v) is 8.49. The summed E-state index contributed by atoms with van der Waals surface area (Å²) < 4.78 is 0.800. The second kappa shape index (κ2) is 7.57. The number of hydrogen-bond acceptors (Lipinski definition) is 3. The lowest BCUT2D eigenvalue weighted by Crippen LogP contribution is -2.27. The number of thioether (sulfide) groups is 1. The summed E-state index contributed by atoms with van der Waals surface area (Å²) >= 11 is 6.83. The maximum Gasteiger partial charge on any atom is 0.173 e. The normalized spacial score (nSPS) is 10.6. The zero-order chi connectivity index (χ0) is 15.2. The molecule has 0 aliphatic heterocycles. The van der Waals surface area contributed by atoms with Gasteiger partial charge >= 0.3 is 0 Å². The fourth-order valence-electron chi connectivity index (χ4n) is 2.25. The summed E-state index contributed by atoms with van der Waals surface area (Å²) in [5.41, 5.74) is 0.781. The maximum absolute atomic E-state index is 12.5. The van der Waals surface area contributed by atoms with Gasteiger partial charge in [0.15, 0.2) is 5.78 Å². The molecule has 0 atom stereocenters. The monoisotopic (exact) mass is 317 g/mol. The van der Waals surface area contributed by atoms with Crippen LogP contribution in [0.3, 0.4) is 0 Å². The van der Waals surface area contributed by atoms with Crippen molar-refractivity contribution in [3.63, 3.8) is 0 Å². The second-order valence-corrected chi connectivity index (χ2v) is 6.29. The van der Waals surface area contributed by atoms with Gasteiger partial charge in [-0.25, -0.2) is 0 Å². The SMILES string of the molecule is CCN(CC)C(=S)SCC(=O)c1cccc2ccccc12. The van der Waals surface area contributed by atoms with Crippen LogP contribution in [-0.2, 0) is 0 Å². The molecule has 2 aromatic carbocycles. The zero-order valence-corrected chi connectivity index (χ0v) is 14.0. The highest BCUT2D eigenvalue weighted by atomic mass is 32.2. The second-order valence-electron chi connectivity index (χ2n) is 4.68. The number of Topliss-reactive ketones (excluding diaryl/α,β-unsaturated/α-hetero) is 1. The molecule has 0 fully saturated rings. The first-order valence-electron chi connectivity index (χ1n) is 7.10. The van der Waals surface area contributed by atoms with Crippen molar-refractivity contribution >= 4 is 44.9 Å². The number of benzene rings is 2. The van der Waals surface area contributed by atoms with Gasteiger partial charge in [0.05, 0.1) is 5.75 Å². The molecule has 0 aliphatic rings. The summed E-state index contributed by atoms with van der Waals surface area (Å²) in [5, 5.41) is 2.11. The number of carbonyl (C=O) groups excluding carboxylic acids is 1. The Morgan fingerprint density at radius 3 is 2.48 bits per heavy atom. The van der Waals surface area contributed by atoms with Gasteiger partial charge in [0.25, 0.3) is 0 Å². The van der Waals surface area contributed by atoms with Gasteiger partial charge in [-0.15, -0.1) is 0 Å². The van der Waals surface area contributed by atoms with E-state index in [0.717, 1.165) is 33.7 Å². The lowest BCUT2D eigenvalue weighted by molar-refractivity contribution is 0.102. The molecule has 0 N–H and O–H groups in total. The third kappa shape index (κ3) is 3.83. The topological polar surface area (TPSA) is 20.3 Å². The summed E-state index contributed by atoms with van der Waals surface area (Å²) in [6.45, 7) is 5.90. The molecule has 0 unspecified atom stereocenters. The Balaban J connectivity index is 2.11. The number of carbonyl (C=O) groups is 1. The van der Waals surface area contributed by atoms with E-state index < -0.39 is 0 Å². The van der Waals surface area contributed by atoms with Gasteiger partial charge in [-0.3, -0.25) is 4.79 Å². The van der Waals surface area contributed by atoms with Crippen molar-refractivity contribution in [2.24, 2.45) is 0 Å². The van der Waals surface area contributed by atoms with Crippen LogP contribution in [0.15, 0.2) is 42.5 Å². The van der Waals surface area contributed by atoms with Crippen molar-refractivity contribution in [1.82, 2.24) is 4.90 Å². The van der Waals surface area contributed by atoms with E-state index >= 15 is 0 Å². The van der Waals surface area contributed by atoms with Crippen molar-refractivity contribution in [3.8, 4) is 0 Å². The lowest BCUT2D eigenvalue weighted by Gasteiger charge is -2.20. The predicted molar refractivity (Wildman–Crippen MR) is 96.3 cm³/mol. The quantitative estimate of drug-likeness (QED) is 0.602. The third-order valence-electron chi connectivity index (χ3n) is 3.44.